The largest absolute Gasteiger partial charge is 0.490 e. The summed E-state index contributed by atoms with van der Waals surface area (Å²) in [7, 11) is -3.14. The van der Waals surface area contributed by atoms with E-state index < -0.39 is 22.2 Å². The molecule has 2 fully saturated rings. The van der Waals surface area contributed by atoms with Crippen LogP contribution in [-0.4, -0.2) is 69.2 Å². The predicted octanol–water partition coefficient (Wildman–Crippen LogP) is 1.77. The molecule has 0 bridgehead atoms. The summed E-state index contributed by atoms with van der Waals surface area (Å²) in [6.07, 6.45) is -5.08. The highest BCUT2D eigenvalue weighted by Gasteiger charge is 2.50. The topological polar surface area (TPSA) is 95.9 Å². The second-order valence-corrected chi connectivity index (χ2v) is 9.98. The number of hydrogen-bond donors (Lipinski definition) is 2. The fourth-order valence-electron chi connectivity index (χ4n) is 3.29. The lowest BCUT2D eigenvalue weighted by Gasteiger charge is -2.27. The lowest BCUT2D eigenvalue weighted by atomic mass is 9.81. The summed E-state index contributed by atoms with van der Waals surface area (Å²) in [5.41, 5.74) is -0.0561. The fraction of sp³-hybridized carbons (Fsp3) is 0.688. The van der Waals surface area contributed by atoms with Crippen molar-refractivity contribution in [3.8, 4) is 0 Å². The van der Waals surface area contributed by atoms with Gasteiger partial charge in [0.25, 0.3) is 0 Å². The van der Waals surface area contributed by atoms with Crippen molar-refractivity contribution >= 4 is 27.3 Å². The van der Waals surface area contributed by atoms with Crippen LogP contribution in [0.3, 0.4) is 0 Å². The van der Waals surface area contributed by atoms with E-state index in [-0.39, 0.29) is 11.2 Å². The molecule has 0 radical (unpaired) electrons. The molecule has 0 aromatic carbocycles. The molecule has 0 saturated carbocycles. The number of carboxylic acid groups (broad SMARTS) is 1. The molecule has 3 heterocycles. The SMILES string of the molecule is CCS(=O)(=O)NC[C@]12COC[C@H]1CN(Cc1cccs1)C2.O=C(O)C(F)(F)F. The summed E-state index contributed by atoms with van der Waals surface area (Å²) in [6.45, 7) is 6.42. The maximum atomic E-state index is 11.7. The zero-order chi connectivity index (χ0) is 21.0. The minimum Gasteiger partial charge on any atom is -0.475 e. The summed E-state index contributed by atoms with van der Waals surface area (Å²) in [5, 5.41) is 9.22. The molecule has 12 heteroatoms. The molecule has 0 spiro atoms. The van der Waals surface area contributed by atoms with Gasteiger partial charge < -0.3 is 9.84 Å². The molecule has 2 atom stereocenters. The third-order valence-corrected chi connectivity index (χ3v) is 7.02. The van der Waals surface area contributed by atoms with E-state index in [4.69, 9.17) is 14.6 Å². The van der Waals surface area contributed by atoms with Crippen LogP contribution in [-0.2, 0) is 26.1 Å². The Morgan fingerprint density at radius 3 is 2.71 bits per heavy atom. The van der Waals surface area contributed by atoms with E-state index in [2.05, 4.69) is 27.1 Å². The van der Waals surface area contributed by atoms with Crippen molar-refractivity contribution in [2.45, 2.75) is 19.6 Å². The van der Waals surface area contributed by atoms with Crippen LogP contribution in [0.5, 0.6) is 0 Å². The molecule has 0 unspecified atom stereocenters. The Hall–Kier alpha value is -1.21. The average molecular weight is 444 g/mol. The minimum absolute atomic E-state index is 0.0561. The van der Waals surface area contributed by atoms with E-state index in [9.17, 15) is 21.6 Å². The highest BCUT2D eigenvalue weighted by molar-refractivity contribution is 7.89. The zero-order valence-electron chi connectivity index (χ0n) is 15.2. The Bertz CT molecular complexity index is 755. The molecule has 1 aromatic heterocycles. The van der Waals surface area contributed by atoms with Gasteiger partial charge in [-0.25, -0.2) is 17.9 Å². The molecule has 0 aliphatic carbocycles. The first-order valence-electron chi connectivity index (χ1n) is 8.57. The van der Waals surface area contributed by atoms with Gasteiger partial charge in [0.1, 0.15) is 0 Å². The Morgan fingerprint density at radius 1 is 1.50 bits per heavy atom. The van der Waals surface area contributed by atoms with Gasteiger partial charge in [-0.3, -0.25) is 4.90 Å². The van der Waals surface area contributed by atoms with Gasteiger partial charge in [0.15, 0.2) is 0 Å². The van der Waals surface area contributed by atoms with Crippen LogP contribution in [0.25, 0.3) is 0 Å². The van der Waals surface area contributed by atoms with E-state index in [1.165, 1.54) is 4.88 Å². The van der Waals surface area contributed by atoms with Crippen LogP contribution >= 0.6 is 11.3 Å². The number of fused-ring (bicyclic) bond motifs is 1. The number of ether oxygens (including phenoxy) is 1. The summed E-state index contributed by atoms with van der Waals surface area (Å²) in [6, 6.07) is 4.23. The molecule has 2 N–H and O–H groups in total. The quantitative estimate of drug-likeness (QED) is 0.694. The number of likely N-dealkylation sites (tertiary alicyclic amines) is 1. The summed E-state index contributed by atoms with van der Waals surface area (Å²) < 4.78 is 63.6. The van der Waals surface area contributed by atoms with Gasteiger partial charge in [0.2, 0.25) is 10.0 Å². The average Bonchev–Trinajstić information content (AvgIpc) is 3.29. The summed E-state index contributed by atoms with van der Waals surface area (Å²) >= 11 is 1.77. The Kier molecular flexibility index (Phi) is 7.48. The third-order valence-electron chi connectivity index (χ3n) is 4.82. The molecular weight excluding hydrogens is 421 g/mol. The molecule has 2 saturated heterocycles. The number of nitrogens with one attached hydrogen (secondary N) is 1. The minimum atomic E-state index is -5.08. The van der Waals surface area contributed by atoms with Gasteiger partial charge in [0, 0.05) is 42.4 Å². The van der Waals surface area contributed by atoms with Crippen molar-refractivity contribution in [2.75, 3.05) is 38.6 Å². The van der Waals surface area contributed by atoms with Crippen LogP contribution in [0.15, 0.2) is 17.5 Å². The number of aliphatic carboxylic acids is 1. The Morgan fingerprint density at radius 2 is 2.18 bits per heavy atom. The third kappa shape index (κ3) is 6.14. The van der Waals surface area contributed by atoms with E-state index in [1.54, 1.807) is 18.3 Å². The van der Waals surface area contributed by atoms with Crippen molar-refractivity contribution < 1.29 is 36.2 Å². The molecule has 0 amide bonds. The lowest BCUT2D eigenvalue weighted by Crippen LogP contribution is -2.43. The maximum Gasteiger partial charge on any atom is 0.490 e. The smallest absolute Gasteiger partial charge is 0.475 e. The van der Waals surface area contributed by atoms with E-state index in [1.807, 2.05) is 0 Å². The van der Waals surface area contributed by atoms with Gasteiger partial charge in [-0.2, -0.15) is 13.2 Å². The number of carboxylic acids is 1. The van der Waals surface area contributed by atoms with Crippen LogP contribution in [0.4, 0.5) is 13.2 Å². The molecule has 1 aromatic rings. The first kappa shape index (κ1) is 23.1. The lowest BCUT2D eigenvalue weighted by molar-refractivity contribution is -0.192. The van der Waals surface area contributed by atoms with Crippen LogP contribution in [0.2, 0.25) is 0 Å². The molecule has 2 aliphatic rings. The van der Waals surface area contributed by atoms with Gasteiger partial charge in [-0.15, -0.1) is 11.3 Å². The molecule has 7 nitrogen and oxygen atoms in total. The van der Waals surface area contributed by atoms with E-state index in [0.29, 0.717) is 19.1 Å². The number of thiophene rings is 1. The molecule has 3 rings (SSSR count). The van der Waals surface area contributed by atoms with Crippen LogP contribution < -0.4 is 4.72 Å². The van der Waals surface area contributed by atoms with E-state index >= 15 is 0 Å². The van der Waals surface area contributed by atoms with Crippen LogP contribution in [0, 0.1) is 11.3 Å². The number of alkyl halides is 3. The van der Waals surface area contributed by atoms with Crippen molar-refractivity contribution in [3.63, 3.8) is 0 Å². The predicted molar refractivity (Wildman–Crippen MR) is 97.5 cm³/mol. The van der Waals surface area contributed by atoms with E-state index in [0.717, 1.165) is 26.2 Å². The van der Waals surface area contributed by atoms with Crippen molar-refractivity contribution in [1.82, 2.24) is 9.62 Å². The number of halogens is 3. The van der Waals surface area contributed by atoms with Crippen molar-refractivity contribution in [3.05, 3.63) is 22.4 Å². The second-order valence-electron chi connectivity index (χ2n) is 6.85. The highest BCUT2D eigenvalue weighted by Crippen LogP contribution is 2.41. The second kappa shape index (κ2) is 9.08. The number of carbonyl (C=O) groups is 1. The van der Waals surface area contributed by atoms with Gasteiger partial charge in [-0.05, 0) is 18.4 Å². The van der Waals surface area contributed by atoms with Crippen LogP contribution in [0.1, 0.15) is 11.8 Å². The van der Waals surface area contributed by atoms with Crippen molar-refractivity contribution in [1.29, 1.82) is 0 Å². The van der Waals surface area contributed by atoms with Crippen molar-refractivity contribution in [2.24, 2.45) is 11.3 Å². The number of nitrogens with zero attached hydrogens (tertiary/aromatic N) is 1. The maximum absolute atomic E-state index is 11.7. The standard InChI is InChI=1S/C14H22N2O3S2.C2HF3O2/c1-2-21(17,18)15-9-14-10-16(6-12(14)8-19-11-14)7-13-4-3-5-20-13;3-2(4,5)1(6)7/h3-5,12,15H,2,6-11H2,1H3;(H,6,7)/t12-,14+;/m1./s1. The normalized spacial score (nSPS) is 25.2. The number of sulfonamides is 1. The van der Waals surface area contributed by atoms with Gasteiger partial charge in [0.05, 0.1) is 19.0 Å². The fourth-order valence-corrected chi connectivity index (χ4v) is 4.75. The molecular formula is C16H23F3N2O5S2. The number of rotatable bonds is 6. The molecule has 160 valence electrons. The Balaban J connectivity index is 0.000000345. The zero-order valence-corrected chi connectivity index (χ0v) is 16.9. The molecule has 2 aliphatic heterocycles. The van der Waals surface area contributed by atoms with Gasteiger partial charge in [-0.1, -0.05) is 6.07 Å². The number of hydrogen-bond acceptors (Lipinski definition) is 6. The first-order valence-corrected chi connectivity index (χ1v) is 11.1. The highest BCUT2D eigenvalue weighted by atomic mass is 32.2. The summed E-state index contributed by atoms with van der Waals surface area (Å²) in [4.78, 5) is 12.7. The Labute approximate surface area is 165 Å². The first-order chi connectivity index (χ1) is 13.0. The molecule has 28 heavy (non-hydrogen) atoms. The van der Waals surface area contributed by atoms with Gasteiger partial charge >= 0.3 is 12.1 Å². The summed E-state index contributed by atoms with van der Waals surface area (Å²) in [5.74, 6) is -2.20. The monoisotopic (exact) mass is 444 g/mol.